The van der Waals surface area contributed by atoms with Gasteiger partial charge >= 0.3 is 0 Å². The number of aromatic nitrogens is 2. The normalized spacial score (nSPS) is 22.6. The van der Waals surface area contributed by atoms with Crippen molar-refractivity contribution >= 4 is 5.96 Å². The van der Waals surface area contributed by atoms with Gasteiger partial charge in [0.25, 0.3) is 0 Å². The van der Waals surface area contributed by atoms with Crippen molar-refractivity contribution in [1.29, 1.82) is 0 Å². The fourth-order valence-electron chi connectivity index (χ4n) is 3.68. The number of H-pyrrole nitrogens is 1. The average molecular weight is 348 g/mol. The number of likely N-dealkylation sites (tertiary alicyclic amines) is 1. The van der Waals surface area contributed by atoms with E-state index in [1.807, 2.05) is 6.20 Å². The van der Waals surface area contributed by atoms with Crippen LogP contribution in [0.2, 0.25) is 0 Å². The van der Waals surface area contributed by atoms with Crippen molar-refractivity contribution in [3.8, 4) is 0 Å². The minimum atomic E-state index is 0.640. The van der Waals surface area contributed by atoms with Crippen LogP contribution in [0.4, 0.5) is 0 Å². The number of hydrogen-bond acceptors (Lipinski definition) is 4. The fourth-order valence-corrected chi connectivity index (χ4v) is 3.68. The molecule has 25 heavy (non-hydrogen) atoms. The fraction of sp³-hybridized carbons (Fsp3) is 0.778. The predicted molar refractivity (Wildman–Crippen MR) is 100.0 cm³/mol. The zero-order chi connectivity index (χ0) is 17.5. The van der Waals surface area contributed by atoms with E-state index in [9.17, 15) is 0 Å². The van der Waals surface area contributed by atoms with Gasteiger partial charge in [-0.3, -0.25) is 15.0 Å². The molecule has 2 aliphatic rings. The van der Waals surface area contributed by atoms with Crippen LogP contribution < -0.4 is 5.32 Å². The highest BCUT2D eigenvalue weighted by Crippen LogP contribution is 2.17. The van der Waals surface area contributed by atoms with Crippen molar-refractivity contribution < 1.29 is 4.74 Å². The second-order valence-electron chi connectivity index (χ2n) is 6.90. The van der Waals surface area contributed by atoms with Crippen molar-refractivity contribution in [2.75, 3.05) is 52.5 Å². The third kappa shape index (κ3) is 4.95. The van der Waals surface area contributed by atoms with Gasteiger partial charge in [0, 0.05) is 51.0 Å². The summed E-state index contributed by atoms with van der Waals surface area (Å²) in [5.41, 5.74) is 2.47. The molecule has 0 amide bonds. The molecule has 0 aromatic carbocycles. The Hall–Kier alpha value is -1.60. The Bertz CT molecular complexity index is 552. The van der Waals surface area contributed by atoms with Crippen molar-refractivity contribution in [2.45, 2.75) is 39.2 Å². The van der Waals surface area contributed by atoms with Crippen LogP contribution in [0.1, 0.15) is 31.0 Å². The standard InChI is InChI=1S/C18H32N6O/c1-3-19-18(20-7-4-5-16-13-21-22-15(16)2)24-8-6-17(14-24)23-9-11-25-12-10-23/h13,17H,3-12,14H2,1-2H3,(H,19,20)(H,21,22). The monoisotopic (exact) mass is 348 g/mol. The van der Waals surface area contributed by atoms with Crippen LogP contribution in [-0.4, -0.2) is 84.5 Å². The van der Waals surface area contributed by atoms with Gasteiger partial charge < -0.3 is 15.0 Å². The number of aliphatic imine (C=N–C) groups is 1. The van der Waals surface area contributed by atoms with Gasteiger partial charge in [0.15, 0.2) is 5.96 Å². The summed E-state index contributed by atoms with van der Waals surface area (Å²) in [6.45, 7) is 12.0. The van der Waals surface area contributed by atoms with Crippen LogP contribution in [0.25, 0.3) is 0 Å². The molecule has 1 aromatic heterocycles. The molecule has 7 nitrogen and oxygen atoms in total. The molecule has 2 N–H and O–H groups in total. The molecule has 0 bridgehead atoms. The first-order chi connectivity index (χ1) is 12.3. The number of rotatable bonds is 6. The molecule has 2 fully saturated rings. The van der Waals surface area contributed by atoms with Crippen LogP contribution in [0.15, 0.2) is 11.2 Å². The van der Waals surface area contributed by atoms with Crippen molar-refractivity contribution in [2.24, 2.45) is 4.99 Å². The van der Waals surface area contributed by atoms with Crippen LogP contribution in [0.5, 0.6) is 0 Å². The van der Waals surface area contributed by atoms with E-state index in [0.717, 1.165) is 71.3 Å². The summed E-state index contributed by atoms with van der Waals surface area (Å²) in [6.07, 6.45) is 5.23. The van der Waals surface area contributed by atoms with Crippen molar-refractivity contribution in [3.63, 3.8) is 0 Å². The lowest BCUT2D eigenvalue weighted by Crippen LogP contribution is -2.46. The quantitative estimate of drug-likeness (QED) is 0.456. The van der Waals surface area contributed by atoms with Gasteiger partial charge in [0.1, 0.15) is 0 Å². The van der Waals surface area contributed by atoms with Crippen molar-refractivity contribution in [1.82, 2.24) is 25.3 Å². The number of aromatic amines is 1. The Labute approximate surface area is 150 Å². The molecular weight excluding hydrogens is 316 g/mol. The van der Waals surface area contributed by atoms with Gasteiger partial charge in [-0.05, 0) is 38.7 Å². The predicted octanol–water partition coefficient (Wildman–Crippen LogP) is 1.02. The summed E-state index contributed by atoms with van der Waals surface area (Å²) >= 11 is 0. The Morgan fingerprint density at radius 3 is 2.96 bits per heavy atom. The highest BCUT2D eigenvalue weighted by molar-refractivity contribution is 5.80. The third-order valence-corrected chi connectivity index (χ3v) is 5.16. The number of hydrogen-bond donors (Lipinski definition) is 2. The maximum Gasteiger partial charge on any atom is 0.193 e. The van der Waals surface area contributed by atoms with E-state index in [1.165, 1.54) is 17.7 Å². The van der Waals surface area contributed by atoms with Crippen LogP contribution >= 0.6 is 0 Å². The summed E-state index contributed by atoms with van der Waals surface area (Å²) in [7, 11) is 0. The first-order valence-electron chi connectivity index (χ1n) is 9.62. The molecule has 1 unspecified atom stereocenters. The van der Waals surface area contributed by atoms with Gasteiger partial charge in [-0.25, -0.2) is 0 Å². The minimum Gasteiger partial charge on any atom is -0.379 e. The first kappa shape index (κ1) is 18.2. The van der Waals surface area contributed by atoms with Crippen LogP contribution in [0.3, 0.4) is 0 Å². The van der Waals surface area contributed by atoms with Gasteiger partial charge in [-0.2, -0.15) is 5.10 Å². The lowest BCUT2D eigenvalue weighted by molar-refractivity contribution is 0.0195. The summed E-state index contributed by atoms with van der Waals surface area (Å²) < 4.78 is 5.48. The molecule has 7 heteroatoms. The number of aryl methyl sites for hydroxylation is 2. The molecule has 2 aliphatic heterocycles. The number of morpholine rings is 1. The maximum atomic E-state index is 5.48. The van der Waals surface area contributed by atoms with E-state index < -0.39 is 0 Å². The summed E-state index contributed by atoms with van der Waals surface area (Å²) in [4.78, 5) is 9.86. The highest BCUT2D eigenvalue weighted by Gasteiger charge is 2.30. The van der Waals surface area contributed by atoms with E-state index >= 15 is 0 Å². The topological polar surface area (TPSA) is 68.8 Å². The Morgan fingerprint density at radius 1 is 1.40 bits per heavy atom. The molecular formula is C18H32N6O. The Morgan fingerprint density at radius 2 is 2.24 bits per heavy atom. The van der Waals surface area contributed by atoms with Crippen LogP contribution in [0, 0.1) is 6.92 Å². The van der Waals surface area contributed by atoms with Gasteiger partial charge in [-0.15, -0.1) is 0 Å². The molecule has 0 aliphatic carbocycles. The summed E-state index contributed by atoms with van der Waals surface area (Å²) in [5, 5.41) is 10.6. The molecule has 3 rings (SSSR count). The average Bonchev–Trinajstić information content (AvgIpc) is 3.28. The zero-order valence-corrected chi connectivity index (χ0v) is 15.6. The molecule has 2 saturated heterocycles. The first-order valence-corrected chi connectivity index (χ1v) is 9.62. The Kier molecular flexibility index (Phi) is 6.69. The molecule has 1 aromatic rings. The van der Waals surface area contributed by atoms with Crippen molar-refractivity contribution in [3.05, 3.63) is 17.5 Å². The lowest BCUT2D eigenvalue weighted by atomic mass is 10.1. The van der Waals surface area contributed by atoms with E-state index in [0.29, 0.717) is 6.04 Å². The summed E-state index contributed by atoms with van der Waals surface area (Å²) in [6, 6.07) is 0.640. The van der Waals surface area contributed by atoms with E-state index in [-0.39, 0.29) is 0 Å². The highest BCUT2D eigenvalue weighted by atomic mass is 16.5. The number of ether oxygens (including phenoxy) is 1. The number of nitrogens with zero attached hydrogens (tertiary/aromatic N) is 4. The summed E-state index contributed by atoms with van der Waals surface area (Å²) in [5.74, 6) is 1.07. The van der Waals surface area contributed by atoms with Gasteiger partial charge in [0.05, 0.1) is 19.4 Å². The smallest absolute Gasteiger partial charge is 0.193 e. The zero-order valence-electron chi connectivity index (χ0n) is 15.6. The van der Waals surface area contributed by atoms with E-state index in [2.05, 4.69) is 39.2 Å². The molecule has 3 heterocycles. The van der Waals surface area contributed by atoms with Crippen LogP contribution in [-0.2, 0) is 11.2 Å². The largest absolute Gasteiger partial charge is 0.379 e. The lowest BCUT2D eigenvalue weighted by Gasteiger charge is -2.32. The second kappa shape index (κ2) is 9.20. The Balaban J connectivity index is 1.49. The van der Waals surface area contributed by atoms with Gasteiger partial charge in [0.2, 0.25) is 0 Å². The molecule has 140 valence electrons. The molecule has 1 atom stereocenters. The SMILES string of the molecule is CCNC(=NCCCc1cn[nH]c1C)N1CCC(N2CCOCC2)C1. The number of guanidine groups is 1. The van der Waals surface area contributed by atoms with E-state index in [1.54, 1.807) is 0 Å². The maximum absolute atomic E-state index is 5.48. The molecule has 0 spiro atoms. The molecule has 0 saturated carbocycles. The molecule has 0 radical (unpaired) electrons. The minimum absolute atomic E-state index is 0.640. The number of nitrogens with one attached hydrogen (secondary N) is 2. The van der Waals surface area contributed by atoms with E-state index in [4.69, 9.17) is 9.73 Å². The van der Waals surface area contributed by atoms with Gasteiger partial charge in [-0.1, -0.05) is 0 Å². The second-order valence-corrected chi connectivity index (χ2v) is 6.90. The third-order valence-electron chi connectivity index (χ3n) is 5.16.